The monoisotopic (exact) mass is 634 g/mol. The highest BCUT2D eigenvalue weighted by molar-refractivity contribution is 7.27. The van der Waals surface area contributed by atoms with Crippen molar-refractivity contribution in [1.82, 2.24) is 9.13 Å². The number of hydrogen-bond acceptors (Lipinski definition) is 3. The van der Waals surface area contributed by atoms with Gasteiger partial charge in [0.1, 0.15) is 0 Å². The summed E-state index contributed by atoms with van der Waals surface area (Å²) >= 11 is 1.60. The molecule has 0 bridgehead atoms. The molecule has 6 heteroatoms. The Labute approximate surface area is 280 Å². The van der Waals surface area contributed by atoms with Crippen molar-refractivity contribution in [3.63, 3.8) is 0 Å². The maximum atomic E-state index is 10.6. The predicted molar refractivity (Wildman–Crippen MR) is 203 cm³/mol. The Morgan fingerprint density at radius 3 is 1.92 bits per heavy atom. The van der Waals surface area contributed by atoms with Crippen molar-refractivity contribution in [3.05, 3.63) is 152 Å². The van der Waals surface area contributed by atoms with E-state index in [1.54, 1.807) is 11.3 Å². The highest BCUT2D eigenvalue weighted by Crippen LogP contribution is 2.42. The molecule has 0 fully saturated rings. The van der Waals surface area contributed by atoms with E-state index < -0.39 is 7.12 Å². The van der Waals surface area contributed by atoms with E-state index in [9.17, 15) is 10.0 Å². The molecule has 10 aromatic rings. The topological polar surface area (TPSA) is 50.3 Å². The summed E-state index contributed by atoms with van der Waals surface area (Å²) in [4.78, 5) is 0. The highest BCUT2D eigenvalue weighted by Gasteiger charge is 2.23. The van der Waals surface area contributed by atoms with Crippen LogP contribution in [0.25, 0.3) is 86.3 Å². The lowest BCUT2D eigenvalue weighted by atomic mass is 9.79. The fourth-order valence-corrected chi connectivity index (χ4v) is 8.91. The number of nitrogens with zero attached hydrogens (tertiary/aromatic N) is 2. The van der Waals surface area contributed by atoms with Crippen LogP contribution < -0.4 is 5.46 Å². The van der Waals surface area contributed by atoms with Gasteiger partial charge >= 0.3 is 7.12 Å². The number of rotatable bonds is 4. The van der Waals surface area contributed by atoms with Gasteiger partial charge in [-0.1, -0.05) is 91.0 Å². The highest BCUT2D eigenvalue weighted by atomic mass is 32.1. The van der Waals surface area contributed by atoms with Crippen LogP contribution in [0.15, 0.2) is 152 Å². The lowest BCUT2D eigenvalue weighted by Crippen LogP contribution is -2.30. The van der Waals surface area contributed by atoms with Crippen molar-refractivity contribution in [1.29, 1.82) is 0 Å². The summed E-state index contributed by atoms with van der Waals surface area (Å²) in [7, 11) is -1.59. The average Bonchev–Trinajstić information content (AvgIpc) is 3.79. The molecule has 0 atom stereocenters. The Hall–Kier alpha value is -5.66. The summed E-state index contributed by atoms with van der Waals surface area (Å²) in [6.07, 6.45) is 0. The van der Waals surface area contributed by atoms with E-state index in [0.29, 0.717) is 5.46 Å². The van der Waals surface area contributed by atoms with E-state index in [4.69, 9.17) is 0 Å². The molecule has 226 valence electrons. The Bertz CT molecular complexity index is 2880. The van der Waals surface area contributed by atoms with Crippen LogP contribution in [0.1, 0.15) is 0 Å². The quantitative estimate of drug-likeness (QED) is 0.190. The maximum Gasteiger partial charge on any atom is 0.489 e. The van der Waals surface area contributed by atoms with Gasteiger partial charge in [0, 0.05) is 58.6 Å². The molecule has 10 rings (SSSR count). The lowest BCUT2D eigenvalue weighted by Gasteiger charge is -2.12. The smallest absolute Gasteiger partial charge is 0.423 e. The van der Waals surface area contributed by atoms with Crippen LogP contribution in [0.2, 0.25) is 0 Å². The third kappa shape index (κ3) is 3.91. The third-order valence-corrected chi connectivity index (χ3v) is 11.0. The number of aromatic nitrogens is 2. The number of fused-ring (bicyclic) bond motifs is 9. The van der Waals surface area contributed by atoms with Gasteiger partial charge in [0.2, 0.25) is 0 Å². The van der Waals surface area contributed by atoms with Gasteiger partial charge in [-0.15, -0.1) is 11.3 Å². The first kappa shape index (κ1) is 27.5. The lowest BCUT2D eigenvalue weighted by molar-refractivity contribution is 0.426. The van der Waals surface area contributed by atoms with Crippen LogP contribution in [-0.4, -0.2) is 26.3 Å². The van der Waals surface area contributed by atoms with E-state index >= 15 is 0 Å². The second-order valence-electron chi connectivity index (χ2n) is 12.4. The Morgan fingerprint density at radius 1 is 0.458 bits per heavy atom. The first-order valence-electron chi connectivity index (χ1n) is 16.1. The number of thiophene rings is 1. The molecule has 2 N–H and O–H groups in total. The number of benzene rings is 7. The SMILES string of the molecule is OB(O)c1cc(-n2c3ccccc3c3c(-c4ccc5c(c4)c4ccccc4n5-c4ccccc4)cccc32)cc2c1sc1ccccc12. The second kappa shape index (κ2) is 10.4. The standard InChI is InChI=1S/C42H27BN2O2S/c46-43(47)35-25-28(24-34-31-14-6-9-20-40(31)48-42(34)35)45-37-18-8-5-15-32(37)41-29(16-10-19-39(41)45)26-21-22-38-33(23-26)30-13-4-7-17-36(30)44(38)27-11-2-1-3-12-27/h1-25,46-47H. The summed E-state index contributed by atoms with van der Waals surface area (Å²) in [5.41, 5.74) is 9.37. The summed E-state index contributed by atoms with van der Waals surface area (Å²) < 4.78 is 6.64. The summed E-state index contributed by atoms with van der Waals surface area (Å²) in [5, 5.41) is 28.0. The molecule has 0 aliphatic rings. The average molecular weight is 635 g/mol. The van der Waals surface area contributed by atoms with Crippen molar-refractivity contribution in [2.24, 2.45) is 0 Å². The van der Waals surface area contributed by atoms with Crippen LogP contribution in [-0.2, 0) is 0 Å². The molecule has 3 heterocycles. The predicted octanol–water partition coefficient (Wildman–Crippen LogP) is 9.60. The van der Waals surface area contributed by atoms with Gasteiger partial charge in [-0.25, -0.2) is 0 Å². The fraction of sp³-hybridized carbons (Fsp3) is 0. The van der Waals surface area contributed by atoms with Gasteiger partial charge in [-0.2, -0.15) is 0 Å². The Balaban J connectivity index is 1.25. The molecule has 0 radical (unpaired) electrons. The van der Waals surface area contributed by atoms with Gasteiger partial charge in [-0.3, -0.25) is 0 Å². The van der Waals surface area contributed by atoms with Gasteiger partial charge < -0.3 is 19.2 Å². The molecule has 0 aliphatic heterocycles. The van der Waals surface area contributed by atoms with E-state index in [-0.39, 0.29) is 0 Å². The van der Waals surface area contributed by atoms with Gasteiger partial charge in [-0.05, 0) is 71.8 Å². The van der Waals surface area contributed by atoms with Gasteiger partial charge in [0.25, 0.3) is 0 Å². The van der Waals surface area contributed by atoms with E-state index in [2.05, 4.69) is 143 Å². The van der Waals surface area contributed by atoms with Crippen molar-refractivity contribution in [3.8, 4) is 22.5 Å². The van der Waals surface area contributed by atoms with E-state index in [1.165, 1.54) is 27.2 Å². The first-order chi connectivity index (χ1) is 23.7. The zero-order valence-corrected chi connectivity index (χ0v) is 26.5. The van der Waals surface area contributed by atoms with E-state index in [0.717, 1.165) is 59.1 Å². The zero-order chi connectivity index (χ0) is 31.9. The molecule has 0 saturated carbocycles. The zero-order valence-electron chi connectivity index (χ0n) is 25.7. The van der Waals surface area contributed by atoms with Gasteiger partial charge in [0.15, 0.2) is 0 Å². The minimum Gasteiger partial charge on any atom is -0.423 e. The first-order valence-corrected chi connectivity index (χ1v) is 16.9. The molecule has 0 saturated heterocycles. The van der Waals surface area contributed by atoms with Crippen molar-refractivity contribution in [2.45, 2.75) is 0 Å². The molecule has 0 amide bonds. The van der Waals surface area contributed by atoms with Crippen LogP contribution in [0.5, 0.6) is 0 Å². The van der Waals surface area contributed by atoms with Crippen LogP contribution in [0, 0.1) is 0 Å². The largest absolute Gasteiger partial charge is 0.489 e. The Morgan fingerprint density at radius 2 is 1.10 bits per heavy atom. The summed E-state index contributed by atoms with van der Waals surface area (Å²) in [6, 6.07) is 53.4. The van der Waals surface area contributed by atoms with Gasteiger partial charge in [0.05, 0.1) is 22.1 Å². The molecular formula is C42H27BN2O2S. The molecule has 4 nitrogen and oxygen atoms in total. The molecule has 0 aliphatic carbocycles. The summed E-state index contributed by atoms with van der Waals surface area (Å²) in [5.74, 6) is 0. The second-order valence-corrected chi connectivity index (χ2v) is 13.4. The van der Waals surface area contributed by atoms with Crippen LogP contribution in [0.4, 0.5) is 0 Å². The van der Waals surface area contributed by atoms with E-state index in [1.807, 2.05) is 18.2 Å². The van der Waals surface area contributed by atoms with Crippen molar-refractivity contribution in [2.75, 3.05) is 0 Å². The van der Waals surface area contributed by atoms with Crippen molar-refractivity contribution < 1.29 is 10.0 Å². The van der Waals surface area contributed by atoms with Crippen molar-refractivity contribution >= 4 is 87.7 Å². The third-order valence-electron chi connectivity index (χ3n) is 9.72. The minimum atomic E-state index is -1.59. The number of para-hydroxylation sites is 3. The molecule has 3 aromatic heterocycles. The number of hydrogen-bond donors (Lipinski definition) is 2. The molecule has 0 spiro atoms. The maximum absolute atomic E-state index is 10.6. The normalized spacial score (nSPS) is 12.0. The summed E-state index contributed by atoms with van der Waals surface area (Å²) in [6.45, 7) is 0. The van der Waals surface area contributed by atoms with Crippen LogP contribution >= 0.6 is 11.3 Å². The molecule has 7 aromatic carbocycles. The fourth-order valence-electron chi connectivity index (χ4n) is 7.69. The minimum absolute atomic E-state index is 0.519. The van der Waals surface area contributed by atoms with Crippen LogP contribution in [0.3, 0.4) is 0 Å². The molecule has 48 heavy (non-hydrogen) atoms. The Kier molecular flexibility index (Phi) is 5.96. The molecular weight excluding hydrogens is 607 g/mol. The molecule has 0 unspecified atom stereocenters.